The molecule has 0 unspecified atom stereocenters. The molecule has 0 bridgehead atoms. The summed E-state index contributed by atoms with van der Waals surface area (Å²) in [5.74, 6) is -0.296. The van der Waals surface area contributed by atoms with Gasteiger partial charge in [-0.3, -0.25) is 14.2 Å². The summed E-state index contributed by atoms with van der Waals surface area (Å²) in [5.41, 5.74) is 7.02. The zero-order chi connectivity index (χ0) is 21.7. The summed E-state index contributed by atoms with van der Waals surface area (Å²) in [6.45, 7) is 5.88. The number of carbonyl (C=O) groups excluding carboxylic acids is 1. The van der Waals surface area contributed by atoms with Crippen molar-refractivity contribution in [2.24, 2.45) is 0 Å². The predicted octanol–water partition coefficient (Wildman–Crippen LogP) is 1.18. The third kappa shape index (κ3) is 4.73. The third-order valence-electron chi connectivity index (χ3n) is 5.11. The highest BCUT2D eigenvalue weighted by Crippen LogP contribution is 2.19. The zero-order valence-corrected chi connectivity index (χ0v) is 17.5. The number of rotatable bonds is 7. The molecule has 162 valence electrons. The van der Waals surface area contributed by atoms with Crippen LogP contribution in [-0.4, -0.2) is 41.3 Å². The van der Waals surface area contributed by atoms with Gasteiger partial charge in [0.15, 0.2) is 0 Å². The lowest BCUT2D eigenvalue weighted by Crippen LogP contribution is -2.48. The van der Waals surface area contributed by atoms with Gasteiger partial charge in [0.05, 0.1) is 13.2 Å². The van der Waals surface area contributed by atoms with Gasteiger partial charge in [-0.15, -0.1) is 0 Å². The molecule has 3 N–H and O–H groups in total. The number of morpholine rings is 1. The van der Waals surface area contributed by atoms with Crippen LogP contribution in [-0.2, 0) is 22.6 Å². The molecule has 0 spiro atoms. The molecule has 2 aromatic rings. The summed E-state index contributed by atoms with van der Waals surface area (Å²) in [6, 6.07) is 7.33. The van der Waals surface area contributed by atoms with Crippen molar-refractivity contribution >= 4 is 23.1 Å². The van der Waals surface area contributed by atoms with Crippen molar-refractivity contribution in [1.82, 2.24) is 9.13 Å². The zero-order valence-electron chi connectivity index (χ0n) is 17.5. The van der Waals surface area contributed by atoms with Crippen molar-refractivity contribution in [3.8, 4) is 0 Å². The van der Waals surface area contributed by atoms with Crippen LogP contribution in [0.2, 0.25) is 0 Å². The first kappa shape index (κ1) is 21.6. The largest absolute Gasteiger partial charge is 0.383 e. The highest BCUT2D eigenvalue weighted by molar-refractivity contribution is 5.90. The van der Waals surface area contributed by atoms with E-state index in [1.165, 1.54) is 4.57 Å². The number of amides is 1. The van der Waals surface area contributed by atoms with Gasteiger partial charge in [-0.1, -0.05) is 25.5 Å². The average molecular weight is 415 g/mol. The van der Waals surface area contributed by atoms with Gasteiger partial charge in [0, 0.05) is 25.3 Å². The van der Waals surface area contributed by atoms with Gasteiger partial charge in [-0.05, 0) is 31.0 Å². The van der Waals surface area contributed by atoms with Crippen LogP contribution in [0, 0.1) is 6.92 Å². The number of nitrogens with one attached hydrogen (secondary N) is 1. The second-order valence-corrected chi connectivity index (χ2v) is 7.43. The van der Waals surface area contributed by atoms with Gasteiger partial charge in [0.25, 0.3) is 5.56 Å². The molecular weight excluding hydrogens is 386 g/mol. The Morgan fingerprint density at radius 2 is 1.93 bits per heavy atom. The Bertz CT molecular complexity index is 1020. The van der Waals surface area contributed by atoms with Crippen LogP contribution in [0.3, 0.4) is 0 Å². The van der Waals surface area contributed by atoms with Crippen molar-refractivity contribution < 1.29 is 9.53 Å². The highest BCUT2D eigenvalue weighted by atomic mass is 16.5. The smallest absolute Gasteiger partial charge is 0.333 e. The van der Waals surface area contributed by atoms with Crippen molar-refractivity contribution in [1.29, 1.82) is 0 Å². The fourth-order valence-electron chi connectivity index (χ4n) is 3.52. The van der Waals surface area contributed by atoms with E-state index in [1.807, 2.05) is 36.9 Å². The number of unbranched alkanes of at least 4 members (excludes halogenated alkanes) is 1. The van der Waals surface area contributed by atoms with Crippen LogP contribution in [0.5, 0.6) is 0 Å². The van der Waals surface area contributed by atoms with Gasteiger partial charge in [0.1, 0.15) is 18.1 Å². The van der Waals surface area contributed by atoms with Crippen LogP contribution in [0.4, 0.5) is 17.2 Å². The van der Waals surface area contributed by atoms with Crippen molar-refractivity contribution in [3.05, 3.63) is 50.7 Å². The van der Waals surface area contributed by atoms with Crippen LogP contribution in [0.15, 0.2) is 33.9 Å². The van der Waals surface area contributed by atoms with Gasteiger partial charge in [-0.2, -0.15) is 0 Å². The molecule has 1 amide bonds. The Kier molecular flexibility index (Phi) is 6.94. The molecule has 1 fully saturated rings. The minimum atomic E-state index is -0.567. The van der Waals surface area contributed by atoms with E-state index in [4.69, 9.17) is 10.5 Å². The highest BCUT2D eigenvalue weighted by Gasteiger charge is 2.24. The van der Waals surface area contributed by atoms with Gasteiger partial charge in [-0.25, -0.2) is 9.36 Å². The molecule has 30 heavy (non-hydrogen) atoms. The minimum absolute atomic E-state index is 0.149. The number of anilines is 3. The maximum absolute atomic E-state index is 13.2. The number of carbonyl (C=O) groups is 1. The number of ether oxygens (including phenoxy) is 1. The quantitative estimate of drug-likeness (QED) is 0.702. The monoisotopic (exact) mass is 415 g/mol. The molecule has 3 rings (SSSR count). The SMILES string of the molecule is CCCCn1c(N)c(N2CCOCC2)c(=O)n(CC(=O)Nc2cccc(C)c2)c1=O. The van der Waals surface area contributed by atoms with Crippen LogP contribution in [0.25, 0.3) is 0 Å². The Morgan fingerprint density at radius 1 is 1.20 bits per heavy atom. The molecule has 0 atom stereocenters. The molecule has 0 aliphatic carbocycles. The maximum atomic E-state index is 13.2. The van der Waals surface area contributed by atoms with Crippen LogP contribution >= 0.6 is 0 Å². The van der Waals surface area contributed by atoms with E-state index in [-0.39, 0.29) is 18.1 Å². The second-order valence-electron chi connectivity index (χ2n) is 7.43. The predicted molar refractivity (Wildman–Crippen MR) is 117 cm³/mol. The van der Waals surface area contributed by atoms with E-state index >= 15 is 0 Å². The Hall–Kier alpha value is -3.07. The summed E-state index contributed by atoms with van der Waals surface area (Å²) < 4.78 is 7.74. The number of nitrogens with two attached hydrogens (primary N) is 1. The van der Waals surface area contributed by atoms with Gasteiger partial charge >= 0.3 is 5.69 Å². The van der Waals surface area contributed by atoms with Crippen LogP contribution in [0.1, 0.15) is 25.3 Å². The molecule has 1 aliphatic heterocycles. The average Bonchev–Trinajstić information content (AvgIpc) is 2.72. The van der Waals surface area contributed by atoms with Crippen LogP contribution < -0.4 is 27.2 Å². The Balaban J connectivity index is 1.98. The first-order valence-corrected chi connectivity index (χ1v) is 10.2. The number of aromatic nitrogens is 2. The lowest BCUT2D eigenvalue weighted by molar-refractivity contribution is -0.116. The van der Waals surface area contributed by atoms with E-state index in [0.29, 0.717) is 38.5 Å². The molecule has 9 heteroatoms. The number of aryl methyl sites for hydroxylation is 1. The Labute approximate surface area is 175 Å². The van der Waals surface area contributed by atoms with Crippen molar-refractivity contribution in [3.63, 3.8) is 0 Å². The second kappa shape index (κ2) is 9.62. The van der Waals surface area contributed by atoms with Crippen molar-refractivity contribution in [2.75, 3.05) is 42.3 Å². The number of benzene rings is 1. The molecule has 2 heterocycles. The Morgan fingerprint density at radius 3 is 2.60 bits per heavy atom. The normalized spacial score (nSPS) is 14.0. The molecule has 9 nitrogen and oxygen atoms in total. The topological polar surface area (TPSA) is 112 Å². The molecule has 0 radical (unpaired) electrons. The standard InChI is InChI=1S/C21H29N5O4/c1-3-4-8-25-19(22)18(24-9-11-30-12-10-24)20(28)26(21(25)29)14-17(27)23-16-7-5-6-15(2)13-16/h5-7,13H,3-4,8-12,14,22H2,1-2H3,(H,23,27). The summed E-state index contributed by atoms with van der Waals surface area (Å²) in [5, 5.41) is 2.75. The molecule has 1 saturated heterocycles. The van der Waals surface area contributed by atoms with Gasteiger partial charge in [0.2, 0.25) is 5.91 Å². The lowest BCUT2D eigenvalue weighted by atomic mass is 10.2. The van der Waals surface area contributed by atoms with Crippen molar-refractivity contribution in [2.45, 2.75) is 39.8 Å². The summed E-state index contributed by atoms with van der Waals surface area (Å²) >= 11 is 0. The number of hydrogen-bond donors (Lipinski definition) is 2. The third-order valence-corrected chi connectivity index (χ3v) is 5.11. The van der Waals surface area contributed by atoms with E-state index in [9.17, 15) is 14.4 Å². The lowest BCUT2D eigenvalue weighted by Gasteiger charge is -2.30. The minimum Gasteiger partial charge on any atom is -0.383 e. The maximum Gasteiger partial charge on any atom is 0.333 e. The molecular formula is C21H29N5O4. The van der Waals surface area contributed by atoms with E-state index in [1.54, 1.807) is 6.07 Å². The van der Waals surface area contributed by atoms with E-state index < -0.39 is 17.2 Å². The summed E-state index contributed by atoms with van der Waals surface area (Å²) in [4.78, 5) is 40.6. The fraction of sp³-hybridized carbons (Fsp3) is 0.476. The van der Waals surface area contributed by atoms with E-state index in [0.717, 1.165) is 23.0 Å². The summed E-state index contributed by atoms with van der Waals surface area (Å²) in [6.07, 6.45) is 1.60. The summed E-state index contributed by atoms with van der Waals surface area (Å²) in [7, 11) is 0. The fourth-order valence-corrected chi connectivity index (χ4v) is 3.52. The molecule has 0 saturated carbocycles. The van der Waals surface area contributed by atoms with E-state index in [2.05, 4.69) is 5.32 Å². The number of nitrogens with zero attached hydrogens (tertiary/aromatic N) is 3. The number of nitrogen functional groups attached to an aromatic ring is 1. The first-order chi connectivity index (χ1) is 14.4. The molecule has 1 aromatic heterocycles. The molecule has 1 aliphatic rings. The first-order valence-electron chi connectivity index (χ1n) is 10.2. The van der Waals surface area contributed by atoms with Gasteiger partial charge < -0.3 is 20.7 Å². The molecule has 1 aromatic carbocycles. The number of hydrogen-bond acceptors (Lipinski definition) is 6.